The van der Waals surface area contributed by atoms with Crippen molar-refractivity contribution >= 4 is 0 Å². The molecule has 0 spiro atoms. The summed E-state index contributed by atoms with van der Waals surface area (Å²) in [6, 6.07) is 17.6. The lowest BCUT2D eigenvalue weighted by Gasteiger charge is -2.25. The Morgan fingerprint density at radius 3 is 2.27 bits per heavy atom. The molecule has 1 aliphatic heterocycles. The highest BCUT2D eigenvalue weighted by molar-refractivity contribution is 5.28. The van der Waals surface area contributed by atoms with Crippen LogP contribution in [0.1, 0.15) is 36.8 Å². The summed E-state index contributed by atoms with van der Waals surface area (Å²) < 4.78 is 15.4. The molecule has 2 fully saturated rings. The number of aromatic hydroxyl groups is 1. The van der Waals surface area contributed by atoms with Crippen LogP contribution >= 0.6 is 0 Å². The molecule has 0 aromatic heterocycles. The van der Waals surface area contributed by atoms with Gasteiger partial charge in [-0.05, 0) is 53.9 Å². The van der Waals surface area contributed by atoms with Gasteiger partial charge in [0.25, 0.3) is 0 Å². The van der Waals surface area contributed by atoms with Gasteiger partial charge in [-0.3, -0.25) is 0 Å². The number of hydrogen-bond donors (Lipinski definition) is 1. The molecule has 1 aliphatic carbocycles. The minimum atomic E-state index is -1.02. The van der Waals surface area contributed by atoms with Crippen molar-refractivity contribution < 1.29 is 9.50 Å². The lowest BCUT2D eigenvalue weighted by molar-refractivity contribution is 0.146. The van der Waals surface area contributed by atoms with E-state index in [1.54, 1.807) is 12.1 Å². The van der Waals surface area contributed by atoms with Crippen molar-refractivity contribution in [3.05, 3.63) is 65.7 Å². The summed E-state index contributed by atoms with van der Waals surface area (Å²) in [5.41, 5.74) is 1.35. The van der Waals surface area contributed by atoms with Crippen molar-refractivity contribution in [2.45, 2.75) is 37.8 Å². The third-order valence-corrected chi connectivity index (χ3v) is 6.27. The summed E-state index contributed by atoms with van der Waals surface area (Å²) >= 11 is 0. The van der Waals surface area contributed by atoms with Gasteiger partial charge in [-0.2, -0.15) is 0 Å². The SMILES string of the molecule is CC(CN1C[C@@H]2CC(F)(Cc3ccccc3)C[C@@H]2C1)c1ccc(O)cc1. The van der Waals surface area contributed by atoms with Crippen molar-refractivity contribution in [3.63, 3.8) is 0 Å². The predicted octanol–water partition coefficient (Wildman–Crippen LogP) is 4.79. The first-order valence-electron chi connectivity index (χ1n) is 9.75. The second-order valence-corrected chi connectivity index (χ2v) is 8.45. The minimum Gasteiger partial charge on any atom is -0.508 e. The number of phenols is 1. The summed E-state index contributed by atoms with van der Waals surface area (Å²) in [5, 5.41) is 9.44. The van der Waals surface area contributed by atoms with E-state index in [1.165, 1.54) is 5.56 Å². The smallest absolute Gasteiger partial charge is 0.115 e. The number of benzene rings is 2. The molecule has 2 aliphatic rings. The molecule has 2 aromatic rings. The van der Waals surface area contributed by atoms with E-state index in [9.17, 15) is 5.11 Å². The van der Waals surface area contributed by atoms with E-state index in [4.69, 9.17) is 0 Å². The zero-order chi connectivity index (χ0) is 18.1. The molecular weight excluding hydrogens is 325 g/mol. The van der Waals surface area contributed by atoms with E-state index in [1.807, 2.05) is 42.5 Å². The number of likely N-dealkylation sites (tertiary alicyclic amines) is 1. The van der Waals surface area contributed by atoms with Gasteiger partial charge in [0, 0.05) is 26.1 Å². The molecule has 1 heterocycles. The summed E-state index contributed by atoms with van der Waals surface area (Å²) in [6.07, 6.45) is 1.97. The Morgan fingerprint density at radius 2 is 1.65 bits per heavy atom. The monoisotopic (exact) mass is 353 g/mol. The average molecular weight is 353 g/mol. The molecule has 3 heteroatoms. The maximum Gasteiger partial charge on any atom is 0.115 e. The van der Waals surface area contributed by atoms with Gasteiger partial charge in [0.1, 0.15) is 11.4 Å². The first-order valence-corrected chi connectivity index (χ1v) is 9.75. The van der Waals surface area contributed by atoms with E-state index >= 15 is 4.39 Å². The standard InChI is InChI=1S/C23H28FNO/c1-17(19-7-9-22(26)10-8-19)14-25-15-20-12-23(24,13-21(20)16-25)11-18-5-3-2-4-6-18/h2-10,17,20-21,26H,11-16H2,1H3/t17?,20-,21+,23?. The van der Waals surface area contributed by atoms with E-state index in [-0.39, 0.29) is 0 Å². The molecule has 0 bridgehead atoms. The van der Waals surface area contributed by atoms with E-state index in [0.717, 1.165) is 25.2 Å². The van der Waals surface area contributed by atoms with Crippen molar-refractivity contribution in [2.75, 3.05) is 19.6 Å². The van der Waals surface area contributed by atoms with Gasteiger partial charge in [0.2, 0.25) is 0 Å². The molecule has 4 atom stereocenters. The number of halogens is 1. The second-order valence-electron chi connectivity index (χ2n) is 8.45. The van der Waals surface area contributed by atoms with E-state index in [0.29, 0.717) is 42.8 Å². The number of phenolic OH excluding ortho intramolecular Hbond substituents is 1. The summed E-state index contributed by atoms with van der Waals surface area (Å²) in [4.78, 5) is 2.51. The fourth-order valence-corrected chi connectivity index (χ4v) is 5.07. The highest BCUT2D eigenvalue weighted by Gasteiger charge is 2.49. The molecule has 0 amide bonds. The van der Waals surface area contributed by atoms with E-state index in [2.05, 4.69) is 11.8 Å². The molecule has 0 radical (unpaired) electrons. The zero-order valence-electron chi connectivity index (χ0n) is 15.4. The fraction of sp³-hybridized carbons (Fsp3) is 0.478. The second kappa shape index (κ2) is 7.03. The van der Waals surface area contributed by atoms with Crippen LogP contribution in [0.4, 0.5) is 4.39 Å². The number of alkyl halides is 1. The molecule has 1 N–H and O–H groups in total. The Hall–Kier alpha value is -1.87. The molecule has 2 unspecified atom stereocenters. The van der Waals surface area contributed by atoms with Gasteiger partial charge >= 0.3 is 0 Å². The molecule has 1 saturated carbocycles. The lowest BCUT2D eigenvalue weighted by atomic mass is 9.93. The van der Waals surface area contributed by atoms with Crippen LogP contribution in [-0.4, -0.2) is 35.3 Å². The van der Waals surface area contributed by atoms with Gasteiger partial charge in [0.05, 0.1) is 0 Å². The first kappa shape index (κ1) is 17.5. The molecule has 4 rings (SSSR count). The normalized spacial score (nSPS) is 29.6. The Labute approximate surface area is 155 Å². The third-order valence-electron chi connectivity index (χ3n) is 6.27. The highest BCUT2D eigenvalue weighted by atomic mass is 19.1. The van der Waals surface area contributed by atoms with Crippen molar-refractivity contribution in [2.24, 2.45) is 11.8 Å². The van der Waals surface area contributed by atoms with Crippen molar-refractivity contribution in [1.82, 2.24) is 4.90 Å². The average Bonchev–Trinajstić information content (AvgIpc) is 3.10. The van der Waals surface area contributed by atoms with Crippen LogP contribution in [0.25, 0.3) is 0 Å². The van der Waals surface area contributed by atoms with Crippen molar-refractivity contribution in [1.29, 1.82) is 0 Å². The van der Waals surface area contributed by atoms with E-state index < -0.39 is 5.67 Å². The van der Waals surface area contributed by atoms with Crippen LogP contribution in [-0.2, 0) is 6.42 Å². The van der Waals surface area contributed by atoms with Gasteiger partial charge in [-0.25, -0.2) is 4.39 Å². The summed E-state index contributed by atoms with van der Waals surface area (Å²) in [7, 11) is 0. The summed E-state index contributed by atoms with van der Waals surface area (Å²) in [5.74, 6) is 1.73. The van der Waals surface area contributed by atoms with Crippen LogP contribution in [0.5, 0.6) is 5.75 Å². The Balaban J connectivity index is 1.32. The largest absolute Gasteiger partial charge is 0.508 e. The Morgan fingerprint density at radius 1 is 1.04 bits per heavy atom. The van der Waals surface area contributed by atoms with Crippen LogP contribution in [0.2, 0.25) is 0 Å². The van der Waals surface area contributed by atoms with Gasteiger partial charge in [-0.15, -0.1) is 0 Å². The molecule has 138 valence electrons. The minimum absolute atomic E-state index is 0.314. The van der Waals surface area contributed by atoms with Crippen LogP contribution in [0.15, 0.2) is 54.6 Å². The van der Waals surface area contributed by atoms with Crippen molar-refractivity contribution in [3.8, 4) is 5.75 Å². The molecule has 1 saturated heterocycles. The van der Waals surface area contributed by atoms with Crippen LogP contribution in [0, 0.1) is 11.8 Å². The summed E-state index contributed by atoms with van der Waals surface area (Å²) in [6.45, 7) is 5.28. The van der Waals surface area contributed by atoms with Gasteiger partial charge in [-0.1, -0.05) is 49.4 Å². The Kier molecular flexibility index (Phi) is 4.74. The maximum absolute atomic E-state index is 15.4. The quantitative estimate of drug-likeness (QED) is 0.835. The number of rotatable bonds is 5. The fourth-order valence-electron chi connectivity index (χ4n) is 5.07. The molecular formula is C23H28FNO. The number of nitrogens with zero attached hydrogens (tertiary/aromatic N) is 1. The van der Waals surface area contributed by atoms with Crippen LogP contribution < -0.4 is 0 Å². The Bertz CT molecular complexity index is 716. The van der Waals surface area contributed by atoms with Crippen LogP contribution in [0.3, 0.4) is 0 Å². The lowest BCUT2D eigenvalue weighted by Crippen LogP contribution is -2.30. The molecule has 2 aromatic carbocycles. The topological polar surface area (TPSA) is 23.5 Å². The van der Waals surface area contributed by atoms with Gasteiger partial charge < -0.3 is 10.0 Å². The maximum atomic E-state index is 15.4. The highest BCUT2D eigenvalue weighted by Crippen LogP contribution is 2.47. The third kappa shape index (κ3) is 3.78. The molecule has 26 heavy (non-hydrogen) atoms. The zero-order valence-corrected chi connectivity index (χ0v) is 15.4. The first-order chi connectivity index (χ1) is 12.5. The predicted molar refractivity (Wildman–Crippen MR) is 103 cm³/mol. The van der Waals surface area contributed by atoms with Gasteiger partial charge in [0.15, 0.2) is 0 Å². The number of hydrogen-bond acceptors (Lipinski definition) is 2. The number of fused-ring (bicyclic) bond motifs is 1. The molecule has 2 nitrogen and oxygen atoms in total.